The van der Waals surface area contributed by atoms with E-state index in [4.69, 9.17) is 5.73 Å². The van der Waals surface area contributed by atoms with Crippen molar-refractivity contribution in [1.29, 1.82) is 0 Å². The Kier molecular flexibility index (Phi) is 3.17. The summed E-state index contributed by atoms with van der Waals surface area (Å²) < 4.78 is 4.10. The number of rotatable bonds is 2. The van der Waals surface area contributed by atoms with Gasteiger partial charge in [0.1, 0.15) is 7.05 Å². The third-order valence-electron chi connectivity index (χ3n) is 3.33. The molecule has 0 atom stereocenters. The van der Waals surface area contributed by atoms with Gasteiger partial charge in [-0.3, -0.25) is 0 Å². The lowest BCUT2D eigenvalue weighted by atomic mass is 10.1. The highest BCUT2D eigenvalue weighted by atomic mass is 14.9. The molecular formula is C17H17N3+2. The van der Waals surface area contributed by atoms with Gasteiger partial charge in [0.15, 0.2) is 24.8 Å². The number of hydrogen-bond acceptors (Lipinski definition) is 1. The molecule has 0 aliphatic rings. The van der Waals surface area contributed by atoms with Gasteiger partial charge in [-0.25, -0.2) is 4.57 Å². The number of nitrogens with two attached hydrogens (primary N) is 1. The number of benzene rings is 1. The first-order valence-corrected chi connectivity index (χ1v) is 6.55. The van der Waals surface area contributed by atoms with E-state index in [-0.39, 0.29) is 0 Å². The van der Waals surface area contributed by atoms with Crippen LogP contribution in [0.2, 0.25) is 0 Å². The van der Waals surface area contributed by atoms with Gasteiger partial charge in [-0.2, -0.15) is 4.57 Å². The molecule has 20 heavy (non-hydrogen) atoms. The minimum absolute atomic E-state index is 0.781. The van der Waals surface area contributed by atoms with E-state index >= 15 is 0 Å². The molecule has 3 heteroatoms. The highest BCUT2D eigenvalue weighted by molar-refractivity contribution is 5.61. The van der Waals surface area contributed by atoms with Gasteiger partial charge in [0.25, 0.3) is 0 Å². The van der Waals surface area contributed by atoms with Crippen molar-refractivity contribution in [1.82, 2.24) is 0 Å². The molecule has 0 saturated carbocycles. The maximum Gasteiger partial charge on any atom is 0.210 e. The summed E-state index contributed by atoms with van der Waals surface area (Å²) in [5.74, 6) is 0. The summed E-state index contributed by atoms with van der Waals surface area (Å²) >= 11 is 0. The third kappa shape index (κ3) is 2.52. The number of pyridine rings is 2. The molecule has 0 bridgehead atoms. The largest absolute Gasteiger partial charge is 0.399 e. The fourth-order valence-corrected chi connectivity index (χ4v) is 2.13. The van der Waals surface area contributed by atoms with Crippen molar-refractivity contribution in [3.63, 3.8) is 0 Å². The molecule has 3 aromatic rings. The van der Waals surface area contributed by atoms with Gasteiger partial charge in [0, 0.05) is 42.1 Å². The van der Waals surface area contributed by atoms with Crippen molar-refractivity contribution >= 4 is 5.69 Å². The molecule has 3 rings (SSSR count). The highest BCUT2D eigenvalue weighted by Crippen LogP contribution is 2.16. The van der Waals surface area contributed by atoms with Gasteiger partial charge in [-0.05, 0) is 23.3 Å². The summed E-state index contributed by atoms with van der Waals surface area (Å²) in [4.78, 5) is 0. The van der Waals surface area contributed by atoms with Crippen LogP contribution in [0.25, 0.3) is 16.8 Å². The molecule has 2 heterocycles. The van der Waals surface area contributed by atoms with Crippen LogP contribution in [0.15, 0.2) is 73.3 Å². The van der Waals surface area contributed by atoms with Crippen LogP contribution in [0, 0.1) is 0 Å². The maximum atomic E-state index is 5.71. The van der Waals surface area contributed by atoms with Gasteiger partial charge in [-0.15, -0.1) is 0 Å². The van der Waals surface area contributed by atoms with Gasteiger partial charge in [0.05, 0.1) is 0 Å². The molecule has 2 aromatic heterocycles. The Balaban J connectivity index is 1.91. The van der Waals surface area contributed by atoms with Crippen LogP contribution < -0.4 is 14.9 Å². The van der Waals surface area contributed by atoms with Crippen LogP contribution in [-0.2, 0) is 7.05 Å². The van der Waals surface area contributed by atoms with E-state index in [0.717, 1.165) is 11.4 Å². The molecular weight excluding hydrogens is 246 g/mol. The van der Waals surface area contributed by atoms with Crippen molar-refractivity contribution < 1.29 is 9.13 Å². The zero-order valence-corrected chi connectivity index (χ0v) is 11.4. The molecule has 0 amide bonds. The van der Waals surface area contributed by atoms with E-state index in [1.54, 1.807) is 0 Å². The van der Waals surface area contributed by atoms with Crippen molar-refractivity contribution in [2.24, 2.45) is 7.05 Å². The fourth-order valence-electron chi connectivity index (χ4n) is 2.13. The summed E-state index contributed by atoms with van der Waals surface area (Å²) in [5.41, 5.74) is 10.0. The van der Waals surface area contributed by atoms with Crippen LogP contribution in [0.3, 0.4) is 0 Å². The Bertz CT molecular complexity index is 634. The van der Waals surface area contributed by atoms with Crippen molar-refractivity contribution in [2.45, 2.75) is 0 Å². The average Bonchev–Trinajstić information content (AvgIpc) is 2.49. The van der Waals surface area contributed by atoms with Crippen molar-refractivity contribution in [3.8, 4) is 16.8 Å². The summed E-state index contributed by atoms with van der Waals surface area (Å²) in [7, 11) is 2.02. The third-order valence-corrected chi connectivity index (χ3v) is 3.33. The smallest absolute Gasteiger partial charge is 0.210 e. The van der Waals surface area contributed by atoms with Crippen molar-refractivity contribution in [2.75, 3.05) is 5.73 Å². The number of nitrogens with zero attached hydrogens (tertiary/aromatic N) is 2. The Morgan fingerprint density at radius 1 is 0.700 bits per heavy atom. The minimum atomic E-state index is 0.781. The molecule has 98 valence electrons. The molecule has 0 aliphatic carbocycles. The molecule has 0 aliphatic heterocycles. The lowest BCUT2D eigenvalue weighted by molar-refractivity contribution is -0.671. The van der Waals surface area contributed by atoms with Crippen LogP contribution in [0.5, 0.6) is 0 Å². The lowest BCUT2D eigenvalue weighted by Crippen LogP contribution is -2.29. The SMILES string of the molecule is C[n+]1ccc(-c2cc[n+](-c3ccc(N)cc3)cc2)cc1. The van der Waals surface area contributed by atoms with Gasteiger partial charge >= 0.3 is 0 Å². The number of aryl methyl sites for hydroxylation is 1. The number of aromatic nitrogens is 2. The molecule has 2 N–H and O–H groups in total. The monoisotopic (exact) mass is 263 g/mol. The Hall–Kier alpha value is -2.68. The van der Waals surface area contributed by atoms with E-state index in [1.807, 2.05) is 35.9 Å². The predicted octanol–water partition coefficient (Wildman–Crippen LogP) is 2.04. The van der Waals surface area contributed by atoms with Crippen LogP contribution >= 0.6 is 0 Å². The number of anilines is 1. The second-order valence-corrected chi connectivity index (χ2v) is 4.84. The van der Waals surface area contributed by atoms with E-state index in [0.29, 0.717) is 0 Å². The molecule has 0 saturated heterocycles. The first-order valence-electron chi connectivity index (χ1n) is 6.55. The minimum Gasteiger partial charge on any atom is -0.399 e. The standard InChI is InChI=1S/C17H16N3/c1-19-10-6-14(7-11-19)15-8-12-20(13-9-15)17-4-2-16(18)3-5-17/h2-13,18H,1H3/q+1/p+1. The first-order chi connectivity index (χ1) is 9.72. The molecule has 0 spiro atoms. The number of hydrogen-bond donors (Lipinski definition) is 1. The summed E-state index contributed by atoms with van der Waals surface area (Å²) in [6, 6.07) is 16.3. The molecule has 0 fully saturated rings. The second kappa shape index (κ2) is 5.13. The van der Waals surface area contributed by atoms with E-state index in [2.05, 4.69) is 53.6 Å². The highest BCUT2D eigenvalue weighted by Gasteiger charge is 2.06. The summed E-state index contributed by atoms with van der Waals surface area (Å²) in [6.45, 7) is 0. The topological polar surface area (TPSA) is 33.8 Å². The van der Waals surface area contributed by atoms with Gasteiger partial charge in [0.2, 0.25) is 5.69 Å². The molecule has 0 radical (unpaired) electrons. The van der Waals surface area contributed by atoms with Gasteiger partial charge < -0.3 is 5.73 Å². The Morgan fingerprint density at radius 3 is 1.75 bits per heavy atom. The van der Waals surface area contributed by atoms with Crippen LogP contribution in [0.1, 0.15) is 0 Å². The van der Waals surface area contributed by atoms with Crippen LogP contribution in [-0.4, -0.2) is 0 Å². The van der Waals surface area contributed by atoms with Gasteiger partial charge in [-0.1, -0.05) is 0 Å². The van der Waals surface area contributed by atoms with E-state index in [1.165, 1.54) is 11.1 Å². The average molecular weight is 263 g/mol. The molecule has 1 aromatic carbocycles. The second-order valence-electron chi connectivity index (χ2n) is 4.84. The zero-order chi connectivity index (χ0) is 13.9. The Labute approximate surface area is 118 Å². The first kappa shape index (κ1) is 12.4. The Morgan fingerprint density at radius 2 is 1.20 bits per heavy atom. The van der Waals surface area contributed by atoms with Crippen LogP contribution in [0.4, 0.5) is 5.69 Å². The zero-order valence-electron chi connectivity index (χ0n) is 11.4. The normalized spacial score (nSPS) is 10.4. The maximum absolute atomic E-state index is 5.71. The summed E-state index contributed by atoms with van der Waals surface area (Å²) in [5, 5.41) is 0. The van der Waals surface area contributed by atoms with Crippen molar-refractivity contribution in [3.05, 3.63) is 73.3 Å². The predicted molar refractivity (Wildman–Crippen MR) is 79.0 cm³/mol. The fraction of sp³-hybridized carbons (Fsp3) is 0.0588. The quantitative estimate of drug-likeness (QED) is 0.557. The van der Waals surface area contributed by atoms with E-state index < -0.39 is 0 Å². The molecule has 3 nitrogen and oxygen atoms in total. The number of nitrogen functional groups attached to an aromatic ring is 1. The molecule has 0 unspecified atom stereocenters. The lowest BCUT2D eigenvalue weighted by Gasteiger charge is -2.00. The summed E-state index contributed by atoms with van der Waals surface area (Å²) in [6.07, 6.45) is 8.23. The van der Waals surface area contributed by atoms with E-state index in [9.17, 15) is 0 Å².